The zero-order valence-corrected chi connectivity index (χ0v) is 10.7. The van der Waals surface area contributed by atoms with Gasteiger partial charge >= 0.3 is 0 Å². The minimum absolute atomic E-state index is 0.0496. The molecule has 0 aromatic heterocycles. The van der Waals surface area contributed by atoms with Crippen LogP contribution in [0.25, 0.3) is 0 Å². The largest absolute Gasteiger partial charge is 0.313 e. The summed E-state index contributed by atoms with van der Waals surface area (Å²) < 4.78 is 25.8. The minimum Gasteiger partial charge on any atom is -0.313 e. The number of benzene rings is 1. The Labute approximate surface area is 107 Å². The molecule has 0 amide bonds. The average Bonchev–Trinajstić information content (AvgIpc) is 2.39. The van der Waals surface area contributed by atoms with Crippen molar-refractivity contribution in [1.82, 2.24) is 9.62 Å². The van der Waals surface area contributed by atoms with E-state index >= 15 is 0 Å². The van der Waals surface area contributed by atoms with Crippen LogP contribution in [0, 0.1) is 11.3 Å². The first kappa shape index (κ1) is 13.0. The number of piperazine rings is 1. The smallest absolute Gasteiger partial charge is 0.219 e. The van der Waals surface area contributed by atoms with Gasteiger partial charge in [0.2, 0.25) is 10.0 Å². The lowest BCUT2D eigenvalue weighted by molar-refractivity contribution is 0.311. The third-order valence-electron chi connectivity index (χ3n) is 2.89. The molecule has 6 heteroatoms. The lowest BCUT2D eigenvalue weighted by Gasteiger charge is -2.30. The van der Waals surface area contributed by atoms with E-state index in [0.717, 1.165) is 5.56 Å². The molecule has 0 radical (unpaired) electrons. The Morgan fingerprint density at radius 2 is 2.11 bits per heavy atom. The molecule has 1 aromatic carbocycles. The molecule has 5 nitrogen and oxygen atoms in total. The molecule has 0 saturated carbocycles. The first-order valence-electron chi connectivity index (χ1n) is 5.77. The second kappa shape index (κ2) is 5.48. The Hall–Kier alpha value is -1.42. The van der Waals surface area contributed by atoms with Gasteiger partial charge in [0.25, 0.3) is 0 Å². The van der Waals surface area contributed by atoms with Crippen molar-refractivity contribution in [3.63, 3.8) is 0 Å². The normalized spacial score (nSPS) is 21.4. The third-order valence-corrected chi connectivity index (χ3v) is 4.74. The lowest BCUT2D eigenvalue weighted by Crippen LogP contribution is -2.53. The van der Waals surface area contributed by atoms with Crippen molar-refractivity contribution in [2.24, 2.45) is 0 Å². The van der Waals surface area contributed by atoms with E-state index in [2.05, 4.69) is 5.32 Å². The summed E-state index contributed by atoms with van der Waals surface area (Å²) in [5.74, 6) is -0.0496. The molecule has 1 atom stereocenters. The van der Waals surface area contributed by atoms with E-state index in [9.17, 15) is 8.42 Å². The van der Waals surface area contributed by atoms with Gasteiger partial charge in [0.05, 0.1) is 11.8 Å². The monoisotopic (exact) mass is 265 g/mol. The van der Waals surface area contributed by atoms with Crippen molar-refractivity contribution in [1.29, 1.82) is 5.26 Å². The molecular formula is C12H15N3O2S. The molecule has 0 bridgehead atoms. The molecule has 96 valence electrons. The molecule has 1 fully saturated rings. The summed E-state index contributed by atoms with van der Waals surface area (Å²) >= 11 is 0. The molecule has 2 rings (SSSR count). The van der Waals surface area contributed by atoms with Crippen LogP contribution in [-0.4, -0.2) is 38.4 Å². The standard InChI is InChI=1S/C12H15N3O2S/c13-8-12-9-14-6-7-15(12)18(16,17)10-11-4-2-1-3-5-11/h1-5,12,14H,6-7,9-10H2. The van der Waals surface area contributed by atoms with Crippen LogP contribution in [0.2, 0.25) is 0 Å². The van der Waals surface area contributed by atoms with Gasteiger partial charge < -0.3 is 5.32 Å². The van der Waals surface area contributed by atoms with Crippen LogP contribution in [0.15, 0.2) is 30.3 Å². The van der Waals surface area contributed by atoms with Gasteiger partial charge in [0.15, 0.2) is 0 Å². The maximum atomic E-state index is 12.3. The predicted octanol–water partition coefficient (Wildman–Crippen LogP) is 0.314. The van der Waals surface area contributed by atoms with Gasteiger partial charge in [-0.1, -0.05) is 30.3 Å². The number of nitriles is 1. The highest BCUT2D eigenvalue weighted by Crippen LogP contribution is 2.15. The Morgan fingerprint density at radius 1 is 1.39 bits per heavy atom. The Morgan fingerprint density at radius 3 is 2.78 bits per heavy atom. The van der Waals surface area contributed by atoms with Crippen molar-refractivity contribution >= 4 is 10.0 Å². The molecule has 1 aromatic rings. The quantitative estimate of drug-likeness (QED) is 0.854. The molecule has 1 saturated heterocycles. The van der Waals surface area contributed by atoms with E-state index in [1.807, 2.05) is 24.3 Å². The minimum atomic E-state index is -3.43. The summed E-state index contributed by atoms with van der Waals surface area (Å²) in [6.45, 7) is 1.34. The highest BCUT2D eigenvalue weighted by molar-refractivity contribution is 7.88. The summed E-state index contributed by atoms with van der Waals surface area (Å²) in [6.07, 6.45) is 0. The van der Waals surface area contributed by atoms with E-state index in [-0.39, 0.29) is 5.75 Å². The first-order valence-corrected chi connectivity index (χ1v) is 7.38. The number of nitrogens with one attached hydrogen (secondary N) is 1. The summed E-state index contributed by atoms with van der Waals surface area (Å²) in [7, 11) is -3.43. The van der Waals surface area contributed by atoms with Gasteiger partial charge in [-0.2, -0.15) is 9.57 Å². The highest BCUT2D eigenvalue weighted by Gasteiger charge is 2.32. The van der Waals surface area contributed by atoms with Crippen molar-refractivity contribution in [3.8, 4) is 6.07 Å². The van der Waals surface area contributed by atoms with Crippen LogP contribution >= 0.6 is 0 Å². The maximum Gasteiger partial charge on any atom is 0.219 e. The van der Waals surface area contributed by atoms with E-state index in [1.54, 1.807) is 12.1 Å². The fraction of sp³-hybridized carbons (Fsp3) is 0.417. The second-order valence-electron chi connectivity index (χ2n) is 4.20. The van der Waals surface area contributed by atoms with Crippen molar-refractivity contribution in [2.75, 3.05) is 19.6 Å². The van der Waals surface area contributed by atoms with Crippen LogP contribution in [0.3, 0.4) is 0 Å². The molecule has 1 aliphatic heterocycles. The zero-order chi connectivity index (χ0) is 13.0. The molecule has 0 aliphatic carbocycles. The molecular weight excluding hydrogens is 250 g/mol. The van der Waals surface area contributed by atoms with E-state index in [0.29, 0.717) is 19.6 Å². The number of rotatable bonds is 3. The maximum absolute atomic E-state index is 12.3. The van der Waals surface area contributed by atoms with Crippen molar-refractivity contribution in [2.45, 2.75) is 11.8 Å². The number of hydrogen-bond donors (Lipinski definition) is 1. The lowest BCUT2D eigenvalue weighted by atomic mass is 10.2. The van der Waals surface area contributed by atoms with Crippen molar-refractivity contribution < 1.29 is 8.42 Å². The summed E-state index contributed by atoms with van der Waals surface area (Å²) in [6, 6.07) is 10.4. The molecule has 0 spiro atoms. The van der Waals surface area contributed by atoms with Crippen LogP contribution in [0.5, 0.6) is 0 Å². The molecule has 1 heterocycles. The average molecular weight is 265 g/mol. The van der Waals surface area contributed by atoms with Crippen LogP contribution < -0.4 is 5.32 Å². The van der Waals surface area contributed by atoms with Crippen molar-refractivity contribution in [3.05, 3.63) is 35.9 Å². The number of nitrogens with zero attached hydrogens (tertiary/aromatic N) is 2. The van der Waals surface area contributed by atoms with Gasteiger partial charge in [-0.15, -0.1) is 0 Å². The SMILES string of the molecule is N#CC1CNCCN1S(=O)(=O)Cc1ccccc1. The zero-order valence-electron chi connectivity index (χ0n) is 9.91. The van der Waals surface area contributed by atoms with E-state index in [1.165, 1.54) is 4.31 Å². The fourth-order valence-corrected chi connectivity index (χ4v) is 3.65. The van der Waals surface area contributed by atoms with E-state index < -0.39 is 16.1 Å². The summed E-state index contributed by atoms with van der Waals surface area (Å²) in [5.41, 5.74) is 0.743. The van der Waals surface area contributed by atoms with Gasteiger partial charge in [-0.25, -0.2) is 8.42 Å². The number of hydrogen-bond acceptors (Lipinski definition) is 4. The third kappa shape index (κ3) is 2.88. The summed E-state index contributed by atoms with van der Waals surface area (Å²) in [4.78, 5) is 0. The molecule has 1 N–H and O–H groups in total. The molecule has 18 heavy (non-hydrogen) atoms. The van der Waals surface area contributed by atoms with Crippen LogP contribution in [0.4, 0.5) is 0 Å². The summed E-state index contributed by atoms with van der Waals surface area (Å²) in [5, 5.41) is 12.0. The fourth-order valence-electron chi connectivity index (χ4n) is 2.00. The van der Waals surface area contributed by atoms with E-state index in [4.69, 9.17) is 5.26 Å². The van der Waals surface area contributed by atoms with Crippen LogP contribution in [0.1, 0.15) is 5.56 Å². The van der Waals surface area contributed by atoms with Gasteiger partial charge in [-0.05, 0) is 5.56 Å². The predicted molar refractivity (Wildman–Crippen MR) is 68.0 cm³/mol. The molecule has 1 aliphatic rings. The first-order chi connectivity index (χ1) is 8.63. The Kier molecular flexibility index (Phi) is 3.97. The topological polar surface area (TPSA) is 73.2 Å². The number of sulfonamides is 1. The second-order valence-corrected chi connectivity index (χ2v) is 6.12. The van der Waals surface area contributed by atoms with Gasteiger partial charge in [-0.3, -0.25) is 0 Å². The Balaban J connectivity index is 2.18. The van der Waals surface area contributed by atoms with Gasteiger partial charge in [0.1, 0.15) is 6.04 Å². The van der Waals surface area contributed by atoms with Crippen LogP contribution in [-0.2, 0) is 15.8 Å². The van der Waals surface area contributed by atoms with Gasteiger partial charge in [0, 0.05) is 19.6 Å². The highest BCUT2D eigenvalue weighted by atomic mass is 32.2. The Bertz CT molecular complexity index is 536. The molecule has 1 unspecified atom stereocenters.